The molecule has 6 heteroatoms. The quantitative estimate of drug-likeness (QED) is 0.726. The number of carbonyl (C=O) groups excluding carboxylic acids is 1. The zero-order valence-electron chi connectivity index (χ0n) is 11.7. The lowest BCUT2D eigenvalue weighted by Gasteiger charge is -2.01. The molecule has 3 rings (SSSR count). The Kier molecular flexibility index (Phi) is 3.34. The fourth-order valence-corrected chi connectivity index (χ4v) is 2.18. The van der Waals surface area contributed by atoms with Crippen molar-refractivity contribution < 1.29 is 15.0 Å². The molecule has 2 N–H and O–H groups in total. The first-order valence-electron chi connectivity index (χ1n) is 6.59. The van der Waals surface area contributed by atoms with E-state index in [2.05, 4.69) is 15.2 Å². The molecule has 0 amide bonds. The molecule has 6 nitrogen and oxygen atoms in total. The number of azo groups is 1. The summed E-state index contributed by atoms with van der Waals surface area (Å²) in [6.45, 7) is 1.94. The number of carboxylic acid groups (broad SMARTS) is 1. The largest absolute Gasteiger partial charge is 0.545 e. The molecular weight excluding hydrogens is 282 g/mol. The number of aromatic carboxylic acids is 1. The number of carbonyl (C=O) groups is 1. The lowest BCUT2D eigenvalue weighted by Crippen LogP contribution is -2.21. The minimum absolute atomic E-state index is 0.0236. The standard InChI is InChI=1S/C16H13N3O3/c1-9-5-6-13-12(7-9)14(15(20)17-13)19-18-11-4-2-3-10(8-11)16(21)22/h2-8,17,20H,1H3,(H,21,22)/p-1. The van der Waals surface area contributed by atoms with Gasteiger partial charge in [-0.05, 0) is 36.8 Å². The highest BCUT2D eigenvalue weighted by Crippen LogP contribution is 2.36. The molecule has 2 aromatic carbocycles. The number of carboxylic acids is 1. The van der Waals surface area contributed by atoms with Crippen LogP contribution in [0.15, 0.2) is 52.7 Å². The number of aromatic nitrogens is 1. The Morgan fingerprint density at radius 2 is 2.00 bits per heavy atom. The molecule has 0 saturated heterocycles. The Balaban J connectivity index is 2.02. The molecule has 22 heavy (non-hydrogen) atoms. The number of aromatic hydroxyl groups is 1. The highest BCUT2D eigenvalue weighted by Gasteiger charge is 2.10. The third-order valence-corrected chi connectivity index (χ3v) is 3.25. The zero-order chi connectivity index (χ0) is 15.7. The van der Waals surface area contributed by atoms with Gasteiger partial charge >= 0.3 is 0 Å². The normalized spacial score (nSPS) is 11.3. The van der Waals surface area contributed by atoms with Gasteiger partial charge in [-0.25, -0.2) is 0 Å². The number of aryl methyl sites for hydroxylation is 1. The molecular formula is C16H12N3O3-. The SMILES string of the molecule is Cc1ccc2[nH]c(O)c(N=Nc3cccc(C(=O)[O-])c3)c2c1. The van der Waals surface area contributed by atoms with E-state index >= 15 is 0 Å². The predicted octanol–water partition coefficient (Wildman–Crippen LogP) is 2.96. The Morgan fingerprint density at radius 1 is 1.18 bits per heavy atom. The summed E-state index contributed by atoms with van der Waals surface area (Å²) in [5.41, 5.74) is 2.48. The van der Waals surface area contributed by atoms with Gasteiger partial charge in [-0.2, -0.15) is 5.11 Å². The van der Waals surface area contributed by atoms with Crippen molar-refractivity contribution in [1.82, 2.24) is 4.98 Å². The monoisotopic (exact) mass is 294 g/mol. The van der Waals surface area contributed by atoms with E-state index in [4.69, 9.17) is 0 Å². The third kappa shape index (κ3) is 2.54. The van der Waals surface area contributed by atoms with Crippen molar-refractivity contribution in [1.29, 1.82) is 0 Å². The van der Waals surface area contributed by atoms with Crippen LogP contribution in [0.25, 0.3) is 10.9 Å². The first-order valence-corrected chi connectivity index (χ1v) is 6.59. The van der Waals surface area contributed by atoms with Crippen molar-refractivity contribution in [2.75, 3.05) is 0 Å². The van der Waals surface area contributed by atoms with Crippen LogP contribution < -0.4 is 5.11 Å². The molecule has 0 aliphatic carbocycles. The van der Waals surface area contributed by atoms with Gasteiger partial charge in [0, 0.05) is 5.39 Å². The number of H-pyrrole nitrogens is 1. The molecule has 0 saturated carbocycles. The Hall–Kier alpha value is -3.15. The van der Waals surface area contributed by atoms with Gasteiger partial charge in [-0.15, -0.1) is 5.11 Å². The number of hydrogen-bond donors (Lipinski definition) is 2. The second-order valence-corrected chi connectivity index (χ2v) is 4.91. The van der Waals surface area contributed by atoms with E-state index in [1.165, 1.54) is 12.1 Å². The number of rotatable bonds is 3. The average molecular weight is 294 g/mol. The van der Waals surface area contributed by atoms with Gasteiger partial charge in [0.25, 0.3) is 0 Å². The van der Waals surface area contributed by atoms with E-state index in [1.54, 1.807) is 12.1 Å². The summed E-state index contributed by atoms with van der Waals surface area (Å²) < 4.78 is 0. The van der Waals surface area contributed by atoms with Gasteiger partial charge in [0.1, 0.15) is 0 Å². The number of benzene rings is 2. The highest BCUT2D eigenvalue weighted by molar-refractivity contribution is 5.94. The molecule has 0 bridgehead atoms. The van der Waals surface area contributed by atoms with E-state index in [-0.39, 0.29) is 11.4 Å². The van der Waals surface area contributed by atoms with Crippen LogP contribution >= 0.6 is 0 Å². The molecule has 0 spiro atoms. The summed E-state index contributed by atoms with van der Waals surface area (Å²) in [6, 6.07) is 11.6. The summed E-state index contributed by atoms with van der Waals surface area (Å²) >= 11 is 0. The van der Waals surface area contributed by atoms with Gasteiger partial charge in [0.15, 0.2) is 5.69 Å². The smallest absolute Gasteiger partial charge is 0.218 e. The topological polar surface area (TPSA) is 101 Å². The number of aromatic amines is 1. The summed E-state index contributed by atoms with van der Waals surface area (Å²) in [5, 5.41) is 29.5. The Labute approximate surface area is 125 Å². The maximum Gasteiger partial charge on any atom is 0.218 e. The zero-order valence-corrected chi connectivity index (χ0v) is 11.7. The molecule has 1 heterocycles. The Morgan fingerprint density at radius 3 is 2.77 bits per heavy atom. The second-order valence-electron chi connectivity index (χ2n) is 4.91. The van der Waals surface area contributed by atoms with E-state index in [0.717, 1.165) is 16.5 Å². The molecule has 0 unspecified atom stereocenters. The fraction of sp³-hybridized carbons (Fsp3) is 0.0625. The number of hydrogen-bond acceptors (Lipinski definition) is 5. The molecule has 3 aromatic rings. The van der Waals surface area contributed by atoms with Gasteiger partial charge in [-0.3, -0.25) is 0 Å². The molecule has 0 aliphatic rings. The van der Waals surface area contributed by atoms with Crippen molar-refractivity contribution >= 4 is 28.2 Å². The minimum atomic E-state index is -1.28. The van der Waals surface area contributed by atoms with Crippen LogP contribution in [0.4, 0.5) is 11.4 Å². The third-order valence-electron chi connectivity index (χ3n) is 3.25. The van der Waals surface area contributed by atoms with Gasteiger partial charge in [-0.1, -0.05) is 23.8 Å². The number of nitrogens with zero attached hydrogens (tertiary/aromatic N) is 2. The maximum absolute atomic E-state index is 10.8. The van der Waals surface area contributed by atoms with Crippen molar-refractivity contribution in [2.24, 2.45) is 10.2 Å². The van der Waals surface area contributed by atoms with Gasteiger partial charge in [0.05, 0.1) is 17.2 Å². The van der Waals surface area contributed by atoms with Crippen LogP contribution in [-0.2, 0) is 0 Å². The predicted molar refractivity (Wildman–Crippen MR) is 79.6 cm³/mol. The van der Waals surface area contributed by atoms with Gasteiger partial charge < -0.3 is 20.0 Å². The van der Waals surface area contributed by atoms with Crippen molar-refractivity contribution in [2.45, 2.75) is 6.92 Å². The average Bonchev–Trinajstić information content (AvgIpc) is 2.80. The van der Waals surface area contributed by atoms with Crippen LogP contribution in [0.3, 0.4) is 0 Å². The lowest BCUT2D eigenvalue weighted by molar-refractivity contribution is -0.255. The summed E-state index contributed by atoms with van der Waals surface area (Å²) in [5.74, 6) is -1.36. The second kappa shape index (κ2) is 5.33. The van der Waals surface area contributed by atoms with Crippen LogP contribution in [0.2, 0.25) is 0 Å². The number of nitrogens with one attached hydrogen (secondary N) is 1. The lowest BCUT2D eigenvalue weighted by atomic mass is 10.1. The van der Waals surface area contributed by atoms with Crippen molar-refractivity contribution in [3.05, 3.63) is 53.6 Å². The van der Waals surface area contributed by atoms with E-state index in [9.17, 15) is 15.0 Å². The summed E-state index contributed by atoms with van der Waals surface area (Å²) in [4.78, 5) is 13.6. The maximum atomic E-state index is 10.8. The molecule has 0 atom stereocenters. The van der Waals surface area contributed by atoms with Crippen LogP contribution in [0.1, 0.15) is 15.9 Å². The molecule has 110 valence electrons. The van der Waals surface area contributed by atoms with Crippen molar-refractivity contribution in [3.8, 4) is 5.88 Å². The van der Waals surface area contributed by atoms with Crippen LogP contribution in [0.5, 0.6) is 5.88 Å². The van der Waals surface area contributed by atoms with Gasteiger partial charge in [0.2, 0.25) is 5.88 Å². The van der Waals surface area contributed by atoms with E-state index in [0.29, 0.717) is 11.4 Å². The first-order chi connectivity index (χ1) is 10.5. The first kappa shape index (κ1) is 13.8. The minimum Gasteiger partial charge on any atom is -0.545 e. The highest BCUT2D eigenvalue weighted by atomic mass is 16.4. The molecule has 0 fully saturated rings. The van der Waals surface area contributed by atoms with E-state index in [1.807, 2.05) is 25.1 Å². The van der Waals surface area contributed by atoms with Crippen molar-refractivity contribution in [3.63, 3.8) is 0 Å². The molecule has 1 aromatic heterocycles. The van der Waals surface area contributed by atoms with Crippen LogP contribution in [-0.4, -0.2) is 16.1 Å². The molecule has 0 radical (unpaired) electrons. The number of fused-ring (bicyclic) bond motifs is 1. The Bertz CT molecular complexity index is 897. The fourth-order valence-electron chi connectivity index (χ4n) is 2.18. The summed E-state index contributed by atoms with van der Waals surface area (Å²) in [7, 11) is 0. The van der Waals surface area contributed by atoms with E-state index < -0.39 is 5.97 Å². The van der Waals surface area contributed by atoms with Crippen LogP contribution in [0, 0.1) is 6.92 Å². The summed E-state index contributed by atoms with van der Waals surface area (Å²) in [6.07, 6.45) is 0. The molecule has 0 aliphatic heterocycles.